The van der Waals surface area contributed by atoms with Crippen molar-refractivity contribution in [2.24, 2.45) is 4.99 Å². The highest BCUT2D eigenvalue weighted by Gasteiger charge is 2.28. The molecule has 0 fully saturated rings. The maximum absolute atomic E-state index is 11.4. The summed E-state index contributed by atoms with van der Waals surface area (Å²) in [6.07, 6.45) is 0.954. The van der Waals surface area contributed by atoms with Crippen molar-refractivity contribution in [3.05, 3.63) is 23.3 Å². The molecule has 1 atom stereocenters. The molecule has 1 heterocycles. The van der Waals surface area contributed by atoms with Crippen molar-refractivity contribution in [1.82, 2.24) is 5.48 Å². The number of hydrogen-bond acceptors (Lipinski definition) is 6. The van der Waals surface area contributed by atoms with E-state index in [9.17, 15) is 4.79 Å². The molecule has 120 valence electrons. The van der Waals surface area contributed by atoms with Crippen LogP contribution in [0.4, 0.5) is 0 Å². The first-order chi connectivity index (χ1) is 10.6. The third-order valence-corrected chi connectivity index (χ3v) is 3.38. The van der Waals surface area contributed by atoms with Gasteiger partial charge in [0, 0.05) is 5.56 Å². The van der Waals surface area contributed by atoms with E-state index in [2.05, 4.69) is 11.9 Å². The molecule has 1 unspecified atom stereocenters. The van der Waals surface area contributed by atoms with Crippen LogP contribution in [-0.2, 0) is 16.0 Å². The lowest BCUT2D eigenvalue weighted by atomic mass is 10.0. The summed E-state index contributed by atoms with van der Waals surface area (Å²) in [5.41, 5.74) is 3.27. The first kappa shape index (κ1) is 16.1. The molecule has 0 bridgehead atoms. The van der Waals surface area contributed by atoms with E-state index in [4.69, 9.17) is 19.4 Å². The van der Waals surface area contributed by atoms with E-state index in [0.717, 1.165) is 18.4 Å². The van der Waals surface area contributed by atoms with Crippen molar-refractivity contribution in [2.75, 3.05) is 20.8 Å². The number of carbonyl (C=O) groups excluding carboxylic acids is 1. The van der Waals surface area contributed by atoms with E-state index in [1.807, 2.05) is 6.07 Å². The molecule has 0 aromatic heterocycles. The van der Waals surface area contributed by atoms with Gasteiger partial charge in [-0.25, -0.2) is 10.5 Å². The highest BCUT2D eigenvalue weighted by atomic mass is 16.5. The average Bonchev–Trinajstić information content (AvgIpc) is 3.03. The van der Waals surface area contributed by atoms with Crippen LogP contribution in [0.2, 0.25) is 0 Å². The summed E-state index contributed by atoms with van der Waals surface area (Å²) >= 11 is 0. The van der Waals surface area contributed by atoms with Gasteiger partial charge in [0.25, 0.3) is 5.91 Å². The fourth-order valence-corrected chi connectivity index (χ4v) is 2.36. The molecular formula is C15H20N2O5. The Bertz CT molecular complexity index is 586. The first-order valence-electron chi connectivity index (χ1n) is 7.04. The van der Waals surface area contributed by atoms with E-state index in [-0.39, 0.29) is 6.54 Å². The maximum Gasteiger partial charge on any atom is 0.286 e. The number of benzene rings is 1. The molecule has 7 heteroatoms. The monoisotopic (exact) mass is 308 g/mol. The minimum Gasteiger partial charge on any atom is -0.493 e. The number of hydroxylamine groups is 1. The van der Waals surface area contributed by atoms with Crippen LogP contribution in [0.25, 0.3) is 0 Å². The molecule has 2 rings (SSSR count). The third-order valence-electron chi connectivity index (χ3n) is 3.38. The van der Waals surface area contributed by atoms with Crippen molar-refractivity contribution in [1.29, 1.82) is 0 Å². The van der Waals surface area contributed by atoms with E-state index in [1.165, 1.54) is 0 Å². The molecule has 22 heavy (non-hydrogen) atoms. The van der Waals surface area contributed by atoms with Gasteiger partial charge < -0.3 is 14.2 Å². The number of nitrogens with zero attached hydrogens (tertiary/aromatic N) is 1. The molecule has 0 saturated heterocycles. The summed E-state index contributed by atoms with van der Waals surface area (Å²) in [5, 5.41) is 8.65. The zero-order chi connectivity index (χ0) is 16.1. The second-order valence-corrected chi connectivity index (χ2v) is 4.85. The van der Waals surface area contributed by atoms with E-state index >= 15 is 0 Å². The van der Waals surface area contributed by atoms with Crippen molar-refractivity contribution in [2.45, 2.75) is 25.9 Å². The average molecular weight is 308 g/mol. The van der Waals surface area contributed by atoms with Crippen LogP contribution in [0.1, 0.15) is 24.5 Å². The van der Waals surface area contributed by atoms with Gasteiger partial charge in [-0.15, -0.1) is 0 Å². The molecule has 7 nitrogen and oxygen atoms in total. The number of nitrogens with one attached hydrogen (secondary N) is 1. The molecule has 1 aliphatic rings. The smallest absolute Gasteiger partial charge is 0.286 e. The SMILES string of the molecule is CCCc1cc(C2=NCC(C(=O)NO)O2)cc(OC)c1OC. The zero-order valence-electron chi connectivity index (χ0n) is 12.9. The van der Waals surface area contributed by atoms with Crippen molar-refractivity contribution < 1.29 is 24.2 Å². The number of hydrogen-bond donors (Lipinski definition) is 2. The minimum absolute atomic E-state index is 0.166. The lowest BCUT2D eigenvalue weighted by Gasteiger charge is -2.15. The molecule has 2 N–H and O–H groups in total. The van der Waals surface area contributed by atoms with Crippen molar-refractivity contribution >= 4 is 11.8 Å². The second kappa shape index (κ2) is 7.13. The number of amides is 1. The maximum atomic E-state index is 11.4. The summed E-state index contributed by atoms with van der Waals surface area (Å²) < 4.78 is 16.3. The van der Waals surface area contributed by atoms with Gasteiger partial charge in [0.2, 0.25) is 5.90 Å². The van der Waals surface area contributed by atoms with Gasteiger partial charge in [0.05, 0.1) is 20.8 Å². The van der Waals surface area contributed by atoms with Crippen LogP contribution in [0.5, 0.6) is 11.5 Å². The molecule has 0 spiro atoms. The Morgan fingerprint density at radius 1 is 1.45 bits per heavy atom. The molecule has 1 aliphatic heterocycles. The predicted molar refractivity (Wildman–Crippen MR) is 79.7 cm³/mol. The Hall–Kier alpha value is -2.28. The number of methoxy groups -OCH3 is 2. The highest BCUT2D eigenvalue weighted by molar-refractivity contribution is 5.98. The number of rotatable bonds is 6. The quantitative estimate of drug-likeness (QED) is 0.611. The third kappa shape index (κ3) is 3.14. The van der Waals surface area contributed by atoms with Crippen LogP contribution in [0, 0.1) is 0 Å². The zero-order valence-corrected chi connectivity index (χ0v) is 12.9. The summed E-state index contributed by atoms with van der Waals surface area (Å²) in [6, 6.07) is 3.68. The van der Waals surface area contributed by atoms with Gasteiger partial charge in [-0.2, -0.15) is 0 Å². The predicted octanol–water partition coefficient (Wildman–Crippen LogP) is 1.31. The standard InChI is InChI=1S/C15H20N2O5/c1-4-5-9-6-10(7-11(20-2)13(9)21-3)15-16-8-12(22-15)14(18)17-19/h6-7,12,19H,4-5,8H2,1-3H3,(H,17,18). The van der Waals surface area contributed by atoms with Crippen LogP contribution < -0.4 is 15.0 Å². The van der Waals surface area contributed by atoms with E-state index < -0.39 is 12.0 Å². The van der Waals surface area contributed by atoms with E-state index in [1.54, 1.807) is 25.8 Å². The lowest BCUT2D eigenvalue weighted by Crippen LogP contribution is -2.34. The second-order valence-electron chi connectivity index (χ2n) is 4.85. The highest BCUT2D eigenvalue weighted by Crippen LogP contribution is 2.34. The number of carbonyl (C=O) groups is 1. The lowest BCUT2D eigenvalue weighted by molar-refractivity contribution is -0.135. The summed E-state index contributed by atoms with van der Waals surface area (Å²) in [4.78, 5) is 15.6. The number of ether oxygens (including phenoxy) is 3. The summed E-state index contributed by atoms with van der Waals surface area (Å²) in [5.74, 6) is 1.01. The van der Waals surface area contributed by atoms with Gasteiger partial charge in [0.15, 0.2) is 17.6 Å². The normalized spacial score (nSPS) is 16.7. The molecule has 1 aromatic rings. The van der Waals surface area contributed by atoms with Crippen molar-refractivity contribution in [3.63, 3.8) is 0 Å². The largest absolute Gasteiger partial charge is 0.493 e. The Balaban J connectivity index is 2.32. The Morgan fingerprint density at radius 3 is 2.82 bits per heavy atom. The summed E-state index contributed by atoms with van der Waals surface area (Å²) in [6.45, 7) is 2.24. The van der Waals surface area contributed by atoms with Gasteiger partial charge in [-0.1, -0.05) is 13.3 Å². The van der Waals surface area contributed by atoms with Crippen molar-refractivity contribution in [3.8, 4) is 11.5 Å². The number of aryl methyl sites for hydroxylation is 1. The molecule has 0 saturated carbocycles. The van der Waals surface area contributed by atoms with Gasteiger partial charge in [-0.3, -0.25) is 10.0 Å². The Morgan fingerprint density at radius 2 is 2.23 bits per heavy atom. The molecule has 0 aliphatic carbocycles. The van der Waals surface area contributed by atoms with Gasteiger partial charge in [0.1, 0.15) is 0 Å². The van der Waals surface area contributed by atoms with Crippen LogP contribution in [-0.4, -0.2) is 43.9 Å². The molecular weight excluding hydrogens is 288 g/mol. The summed E-state index contributed by atoms with van der Waals surface area (Å²) in [7, 11) is 3.17. The first-order valence-corrected chi connectivity index (χ1v) is 7.04. The number of aliphatic imine (C=N–C) groups is 1. The van der Waals surface area contributed by atoms with Crippen LogP contribution in [0.15, 0.2) is 17.1 Å². The molecule has 1 amide bonds. The molecule has 0 radical (unpaired) electrons. The van der Waals surface area contributed by atoms with Crippen LogP contribution in [0.3, 0.4) is 0 Å². The van der Waals surface area contributed by atoms with Crippen LogP contribution >= 0.6 is 0 Å². The fraction of sp³-hybridized carbons (Fsp3) is 0.467. The molecule has 1 aromatic carbocycles. The van der Waals surface area contributed by atoms with E-state index in [0.29, 0.717) is 23.0 Å². The van der Waals surface area contributed by atoms with Gasteiger partial charge in [-0.05, 0) is 24.1 Å². The Kier molecular flexibility index (Phi) is 5.21. The fourth-order valence-electron chi connectivity index (χ4n) is 2.36. The topological polar surface area (TPSA) is 89.4 Å². The van der Waals surface area contributed by atoms with Gasteiger partial charge >= 0.3 is 0 Å². The Labute approximate surface area is 128 Å². The minimum atomic E-state index is -0.817.